The summed E-state index contributed by atoms with van der Waals surface area (Å²) in [5.74, 6) is -1.39. The standard InChI is InChI=1S/C21H26O7/c1-12(19-8-6-17(10-26-19)27-16(5)24)13(2)20-9-7-18(14(3)22)21(28-20)11-25-15(4)23/h6-9,17-21H,1-2,10-11H2,3-5H3/t17-,18+,19+,20-,21+/m0/s1. The van der Waals surface area contributed by atoms with Crippen LogP contribution in [0.1, 0.15) is 20.8 Å². The molecule has 0 N–H and O–H groups in total. The molecule has 0 aromatic carbocycles. The van der Waals surface area contributed by atoms with Gasteiger partial charge in [0.1, 0.15) is 36.8 Å². The minimum Gasteiger partial charge on any atom is -0.463 e. The van der Waals surface area contributed by atoms with Crippen LogP contribution in [0.25, 0.3) is 0 Å². The molecule has 0 radical (unpaired) electrons. The molecule has 0 aromatic heterocycles. The minimum absolute atomic E-state index is 0.0237. The molecule has 0 bridgehead atoms. The summed E-state index contributed by atoms with van der Waals surface area (Å²) in [6.07, 6.45) is 5.03. The molecule has 0 saturated heterocycles. The van der Waals surface area contributed by atoms with Crippen LogP contribution in [0.4, 0.5) is 0 Å². The molecule has 2 aliphatic heterocycles. The molecular weight excluding hydrogens is 364 g/mol. The molecule has 0 aliphatic carbocycles. The smallest absolute Gasteiger partial charge is 0.303 e. The van der Waals surface area contributed by atoms with Crippen LogP contribution in [-0.2, 0) is 33.3 Å². The molecule has 2 aliphatic rings. The number of ketones is 1. The van der Waals surface area contributed by atoms with Gasteiger partial charge in [0.2, 0.25) is 0 Å². The second-order valence-corrected chi connectivity index (χ2v) is 6.76. The van der Waals surface area contributed by atoms with Crippen LogP contribution in [-0.4, -0.2) is 55.4 Å². The first-order valence-electron chi connectivity index (χ1n) is 9.01. The predicted molar refractivity (Wildman–Crippen MR) is 101 cm³/mol. The van der Waals surface area contributed by atoms with Crippen molar-refractivity contribution >= 4 is 17.7 Å². The van der Waals surface area contributed by atoms with Gasteiger partial charge in [-0.2, -0.15) is 0 Å². The van der Waals surface area contributed by atoms with E-state index in [1.807, 2.05) is 0 Å². The van der Waals surface area contributed by atoms with Crippen molar-refractivity contribution in [1.29, 1.82) is 0 Å². The molecular formula is C21H26O7. The van der Waals surface area contributed by atoms with E-state index in [0.29, 0.717) is 11.1 Å². The topological polar surface area (TPSA) is 88.1 Å². The first-order chi connectivity index (χ1) is 13.2. The quantitative estimate of drug-likeness (QED) is 0.374. The van der Waals surface area contributed by atoms with Gasteiger partial charge in [0.25, 0.3) is 0 Å². The van der Waals surface area contributed by atoms with Crippen molar-refractivity contribution in [2.45, 2.75) is 45.2 Å². The van der Waals surface area contributed by atoms with Gasteiger partial charge in [0.15, 0.2) is 0 Å². The highest BCUT2D eigenvalue weighted by Crippen LogP contribution is 2.29. The third kappa shape index (κ3) is 5.74. The number of carbonyl (C=O) groups is 3. The maximum atomic E-state index is 11.8. The van der Waals surface area contributed by atoms with Crippen molar-refractivity contribution in [3.63, 3.8) is 0 Å². The van der Waals surface area contributed by atoms with Gasteiger partial charge >= 0.3 is 11.9 Å². The lowest BCUT2D eigenvalue weighted by molar-refractivity contribution is -0.150. The van der Waals surface area contributed by atoms with Crippen molar-refractivity contribution in [2.24, 2.45) is 5.92 Å². The Morgan fingerprint density at radius 1 is 0.964 bits per heavy atom. The second kappa shape index (κ2) is 9.61. The highest BCUT2D eigenvalue weighted by atomic mass is 16.6. The highest BCUT2D eigenvalue weighted by Gasteiger charge is 2.33. The van der Waals surface area contributed by atoms with E-state index in [0.717, 1.165) is 0 Å². The average Bonchev–Trinajstić information content (AvgIpc) is 2.65. The molecule has 0 aromatic rings. The second-order valence-electron chi connectivity index (χ2n) is 6.76. The van der Waals surface area contributed by atoms with Crippen molar-refractivity contribution < 1.29 is 33.3 Å². The molecule has 2 rings (SSSR count). The molecule has 0 amide bonds. The third-order valence-corrected chi connectivity index (χ3v) is 4.49. The van der Waals surface area contributed by atoms with Gasteiger partial charge < -0.3 is 18.9 Å². The summed E-state index contributed by atoms with van der Waals surface area (Å²) in [6.45, 7) is 12.4. The van der Waals surface area contributed by atoms with Gasteiger partial charge in [-0.05, 0) is 24.1 Å². The van der Waals surface area contributed by atoms with Gasteiger partial charge in [-0.25, -0.2) is 0 Å². The molecule has 28 heavy (non-hydrogen) atoms. The predicted octanol–water partition coefficient (Wildman–Crippen LogP) is 2.08. The van der Waals surface area contributed by atoms with E-state index in [1.165, 1.54) is 20.8 Å². The van der Waals surface area contributed by atoms with E-state index in [-0.39, 0.29) is 25.0 Å². The Bertz CT molecular complexity index is 718. The Labute approximate surface area is 164 Å². The SMILES string of the molecule is C=C(C(=C)[C@H]1C=C[C@H](OC(C)=O)CO1)[C@@H]1C=C[C@H](C(C)=O)[C@@H](COC(C)=O)O1. The number of Topliss-reactive ketones (excluding diaryl/α,β-unsaturated/α-hetero) is 1. The number of rotatable bonds is 7. The Morgan fingerprint density at radius 2 is 1.61 bits per heavy atom. The zero-order valence-electron chi connectivity index (χ0n) is 16.4. The summed E-state index contributed by atoms with van der Waals surface area (Å²) in [7, 11) is 0. The summed E-state index contributed by atoms with van der Waals surface area (Å²) >= 11 is 0. The van der Waals surface area contributed by atoms with Crippen LogP contribution in [0.5, 0.6) is 0 Å². The monoisotopic (exact) mass is 390 g/mol. The Hall–Kier alpha value is -2.51. The van der Waals surface area contributed by atoms with E-state index >= 15 is 0 Å². The van der Waals surface area contributed by atoms with E-state index in [1.54, 1.807) is 24.3 Å². The molecule has 0 fully saturated rings. The normalized spacial score (nSPS) is 29.0. The van der Waals surface area contributed by atoms with Gasteiger partial charge in [0, 0.05) is 13.8 Å². The average molecular weight is 390 g/mol. The zero-order valence-corrected chi connectivity index (χ0v) is 16.4. The number of ether oxygens (including phenoxy) is 4. The van der Waals surface area contributed by atoms with E-state index in [2.05, 4.69) is 13.2 Å². The van der Waals surface area contributed by atoms with Gasteiger partial charge in [-0.1, -0.05) is 31.4 Å². The summed E-state index contributed by atoms with van der Waals surface area (Å²) in [5, 5.41) is 0. The van der Waals surface area contributed by atoms with Crippen LogP contribution in [0.2, 0.25) is 0 Å². The zero-order chi connectivity index (χ0) is 20.8. The number of hydrogen-bond donors (Lipinski definition) is 0. The summed E-state index contributed by atoms with van der Waals surface area (Å²) in [4.78, 5) is 34.0. The first-order valence-corrected chi connectivity index (χ1v) is 9.01. The first kappa shape index (κ1) is 21.8. The van der Waals surface area contributed by atoms with Crippen LogP contribution >= 0.6 is 0 Å². The largest absolute Gasteiger partial charge is 0.463 e. The van der Waals surface area contributed by atoms with Gasteiger partial charge in [0.05, 0.1) is 12.5 Å². The van der Waals surface area contributed by atoms with Crippen LogP contribution in [0, 0.1) is 5.92 Å². The number of hydrogen-bond acceptors (Lipinski definition) is 7. The molecule has 0 spiro atoms. The van der Waals surface area contributed by atoms with Gasteiger partial charge in [-0.3, -0.25) is 14.4 Å². The van der Waals surface area contributed by atoms with Crippen molar-refractivity contribution in [1.82, 2.24) is 0 Å². The van der Waals surface area contributed by atoms with Crippen LogP contribution < -0.4 is 0 Å². The lowest BCUT2D eigenvalue weighted by Gasteiger charge is -2.33. The molecule has 2 heterocycles. The maximum absolute atomic E-state index is 11.8. The number of carbonyl (C=O) groups excluding carboxylic acids is 3. The third-order valence-electron chi connectivity index (χ3n) is 4.49. The van der Waals surface area contributed by atoms with E-state index in [4.69, 9.17) is 18.9 Å². The van der Waals surface area contributed by atoms with Crippen molar-refractivity contribution in [3.05, 3.63) is 48.6 Å². The fourth-order valence-electron chi connectivity index (χ4n) is 3.00. The van der Waals surface area contributed by atoms with Crippen LogP contribution in [0.3, 0.4) is 0 Å². The summed E-state index contributed by atoms with van der Waals surface area (Å²) < 4.78 is 21.8. The Morgan fingerprint density at radius 3 is 2.14 bits per heavy atom. The van der Waals surface area contributed by atoms with Crippen LogP contribution in [0.15, 0.2) is 48.6 Å². The maximum Gasteiger partial charge on any atom is 0.303 e. The lowest BCUT2D eigenvalue weighted by atomic mass is 9.90. The molecule has 5 atom stereocenters. The lowest BCUT2D eigenvalue weighted by Crippen LogP contribution is -2.40. The Balaban J connectivity index is 2.03. The molecule has 7 nitrogen and oxygen atoms in total. The van der Waals surface area contributed by atoms with Gasteiger partial charge in [-0.15, -0.1) is 0 Å². The molecule has 152 valence electrons. The number of esters is 2. The molecule has 0 saturated carbocycles. The fraction of sp³-hybridized carbons (Fsp3) is 0.476. The Kier molecular flexibility index (Phi) is 7.48. The summed E-state index contributed by atoms with van der Waals surface area (Å²) in [6, 6.07) is 0. The van der Waals surface area contributed by atoms with E-state index < -0.39 is 36.3 Å². The van der Waals surface area contributed by atoms with Crippen molar-refractivity contribution in [3.8, 4) is 0 Å². The highest BCUT2D eigenvalue weighted by molar-refractivity contribution is 5.81. The molecule has 0 unspecified atom stereocenters. The minimum atomic E-state index is -0.600. The van der Waals surface area contributed by atoms with E-state index in [9.17, 15) is 14.4 Å². The molecule has 7 heteroatoms. The fourth-order valence-corrected chi connectivity index (χ4v) is 3.00. The van der Waals surface area contributed by atoms with Crippen molar-refractivity contribution in [2.75, 3.05) is 13.2 Å². The summed E-state index contributed by atoms with van der Waals surface area (Å²) in [5.41, 5.74) is 1.20.